The van der Waals surface area contributed by atoms with Crippen molar-refractivity contribution in [2.24, 2.45) is 0 Å². The standard InChI is InChI=1S/C17H15N5O4S/c1-11(23)20-7-12-4-5-15(27-12)14(24)8-26-17(25)13-3-2-6-19-16(13)22-10-18-9-21-22/h2-6,9-10H,7-8H2,1H3,(H,20,23). The van der Waals surface area contributed by atoms with Crippen LogP contribution in [0.5, 0.6) is 0 Å². The fourth-order valence-electron chi connectivity index (χ4n) is 2.17. The molecule has 138 valence electrons. The van der Waals surface area contributed by atoms with Crippen LogP contribution in [0.25, 0.3) is 5.82 Å². The lowest BCUT2D eigenvalue weighted by molar-refractivity contribution is -0.119. The van der Waals surface area contributed by atoms with Crippen molar-refractivity contribution in [1.29, 1.82) is 0 Å². The van der Waals surface area contributed by atoms with Gasteiger partial charge in [-0.15, -0.1) is 11.3 Å². The lowest BCUT2D eigenvalue weighted by atomic mass is 10.2. The van der Waals surface area contributed by atoms with Crippen molar-refractivity contribution in [2.45, 2.75) is 13.5 Å². The first-order valence-electron chi connectivity index (χ1n) is 7.88. The van der Waals surface area contributed by atoms with Crippen LogP contribution in [0.3, 0.4) is 0 Å². The lowest BCUT2D eigenvalue weighted by Crippen LogP contribution is -2.18. The Labute approximate surface area is 158 Å². The molecule has 0 aromatic carbocycles. The van der Waals surface area contributed by atoms with Gasteiger partial charge in [-0.3, -0.25) is 9.59 Å². The lowest BCUT2D eigenvalue weighted by Gasteiger charge is -2.07. The van der Waals surface area contributed by atoms with Crippen molar-refractivity contribution in [3.05, 3.63) is 58.4 Å². The van der Waals surface area contributed by atoms with Crippen LogP contribution >= 0.6 is 11.3 Å². The summed E-state index contributed by atoms with van der Waals surface area (Å²) in [4.78, 5) is 44.8. The van der Waals surface area contributed by atoms with E-state index in [1.807, 2.05) is 0 Å². The number of ketones is 1. The maximum absolute atomic E-state index is 12.4. The number of thiophene rings is 1. The number of ether oxygens (including phenoxy) is 1. The zero-order chi connectivity index (χ0) is 19.2. The van der Waals surface area contributed by atoms with Gasteiger partial charge in [-0.1, -0.05) is 0 Å². The van der Waals surface area contributed by atoms with Gasteiger partial charge in [0.2, 0.25) is 11.7 Å². The van der Waals surface area contributed by atoms with Crippen LogP contribution in [0, 0.1) is 0 Å². The number of nitrogens with zero attached hydrogens (tertiary/aromatic N) is 4. The Morgan fingerprint density at radius 1 is 1.26 bits per heavy atom. The van der Waals surface area contributed by atoms with Crippen molar-refractivity contribution in [1.82, 2.24) is 25.1 Å². The third-order valence-corrected chi connectivity index (χ3v) is 4.55. The second-order valence-corrected chi connectivity index (χ2v) is 6.56. The van der Waals surface area contributed by atoms with E-state index in [2.05, 4.69) is 20.4 Å². The molecule has 27 heavy (non-hydrogen) atoms. The first kappa shape index (κ1) is 18.4. The summed E-state index contributed by atoms with van der Waals surface area (Å²) in [6.07, 6.45) is 4.25. The fraction of sp³-hybridized carbons (Fsp3) is 0.176. The average molecular weight is 385 g/mol. The molecule has 0 aliphatic heterocycles. The maximum Gasteiger partial charge on any atom is 0.342 e. The van der Waals surface area contributed by atoms with Gasteiger partial charge in [-0.05, 0) is 24.3 Å². The van der Waals surface area contributed by atoms with E-state index in [0.29, 0.717) is 11.4 Å². The number of rotatable bonds is 7. The summed E-state index contributed by atoms with van der Waals surface area (Å²) in [5.74, 6) is -0.892. The van der Waals surface area contributed by atoms with Crippen LogP contribution in [0.15, 0.2) is 43.1 Å². The first-order chi connectivity index (χ1) is 13.0. The number of aromatic nitrogens is 4. The van der Waals surface area contributed by atoms with Crippen molar-refractivity contribution in [2.75, 3.05) is 6.61 Å². The normalized spacial score (nSPS) is 10.4. The molecule has 0 atom stereocenters. The highest BCUT2D eigenvalue weighted by molar-refractivity contribution is 7.14. The number of nitrogens with one attached hydrogen (secondary N) is 1. The number of esters is 1. The summed E-state index contributed by atoms with van der Waals surface area (Å²) in [7, 11) is 0. The summed E-state index contributed by atoms with van der Waals surface area (Å²) < 4.78 is 6.48. The molecule has 0 radical (unpaired) electrons. The van der Waals surface area contributed by atoms with E-state index in [1.165, 1.54) is 47.9 Å². The summed E-state index contributed by atoms with van der Waals surface area (Å²) in [5.41, 5.74) is 0.174. The van der Waals surface area contributed by atoms with Gasteiger partial charge < -0.3 is 10.1 Å². The third kappa shape index (κ3) is 4.61. The van der Waals surface area contributed by atoms with Crippen molar-refractivity contribution in [3.8, 4) is 5.82 Å². The maximum atomic E-state index is 12.4. The average Bonchev–Trinajstić information content (AvgIpc) is 3.36. The topological polar surface area (TPSA) is 116 Å². The Morgan fingerprint density at radius 3 is 2.85 bits per heavy atom. The summed E-state index contributed by atoms with van der Waals surface area (Å²) >= 11 is 1.24. The molecule has 1 amide bonds. The van der Waals surface area contributed by atoms with E-state index in [9.17, 15) is 14.4 Å². The largest absolute Gasteiger partial charge is 0.454 e. The SMILES string of the molecule is CC(=O)NCc1ccc(C(=O)COC(=O)c2cccnc2-n2cncn2)s1. The molecular formula is C17H15N5O4S. The monoisotopic (exact) mass is 385 g/mol. The molecule has 0 aliphatic carbocycles. The van der Waals surface area contributed by atoms with Crippen LogP contribution in [0.4, 0.5) is 0 Å². The molecule has 0 unspecified atom stereocenters. The van der Waals surface area contributed by atoms with Crippen molar-refractivity contribution < 1.29 is 19.1 Å². The zero-order valence-corrected chi connectivity index (χ0v) is 15.1. The van der Waals surface area contributed by atoms with Gasteiger partial charge >= 0.3 is 5.97 Å². The van der Waals surface area contributed by atoms with Gasteiger partial charge in [0.25, 0.3) is 0 Å². The number of hydrogen-bond donors (Lipinski definition) is 1. The molecule has 0 fully saturated rings. The molecule has 3 aromatic rings. The Balaban J connectivity index is 1.63. The predicted molar refractivity (Wildman–Crippen MR) is 95.6 cm³/mol. The number of amides is 1. The molecular weight excluding hydrogens is 370 g/mol. The second-order valence-electron chi connectivity index (χ2n) is 5.39. The molecule has 0 spiro atoms. The molecule has 1 N–H and O–H groups in total. The van der Waals surface area contributed by atoms with Gasteiger partial charge in [-0.2, -0.15) is 5.10 Å². The van der Waals surface area contributed by atoms with Gasteiger partial charge in [-0.25, -0.2) is 19.4 Å². The van der Waals surface area contributed by atoms with Gasteiger partial charge in [0.05, 0.1) is 11.4 Å². The molecule has 0 aliphatic rings. The highest BCUT2D eigenvalue weighted by Gasteiger charge is 2.18. The summed E-state index contributed by atoms with van der Waals surface area (Å²) in [6, 6.07) is 6.52. The highest BCUT2D eigenvalue weighted by atomic mass is 32.1. The van der Waals surface area contributed by atoms with E-state index in [0.717, 1.165) is 4.88 Å². The van der Waals surface area contributed by atoms with Crippen LogP contribution in [-0.4, -0.2) is 44.0 Å². The third-order valence-electron chi connectivity index (χ3n) is 3.42. The van der Waals surface area contributed by atoms with Crippen LogP contribution in [-0.2, 0) is 16.1 Å². The fourth-order valence-corrected chi connectivity index (χ4v) is 3.04. The van der Waals surface area contributed by atoms with E-state index in [4.69, 9.17) is 4.74 Å². The highest BCUT2D eigenvalue weighted by Crippen LogP contribution is 2.18. The Kier molecular flexibility index (Phi) is 5.67. The second kappa shape index (κ2) is 8.32. The van der Waals surface area contributed by atoms with Crippen LogP contribution in [0.1, 0.15) is 31.8 Å². The van der Waals surface area contributed by atoms with E-state index >= 15 is 0 Å². The number of carbonyl (C=O) groups is 3. The molecule has 9 nitrogen and oxygen atoms in total. The van der Waals surface area contributed by atoms with Crippen molar-refractivity contribution in [3.63, 3.8) is 0 Å². The molecule has 0 saturated heterocycles. The molecule has 3 rings (SSSR count). The molecule has 3 heterocycles. The Hall–Kier alpha value is -3.40. The number of pyridine rings is 1. The van der Waals surface area contributed by atoms with E-state index < -0.39 is 12.6 Å². The van der Waals surface area contributed by atoms with Gasteiger partial charge in [0, 0.05) is 18.0 Å². The zero-order valence-electron chi connectivity index (χ0n) is 14.3. The number of Topliss-reactive ketones (excluding diaryl/α,β-unsaturated/α-hetero) is 1. The number of carbonyl (C=O) groups excluding carboxylic acids is 3. The van der Waals surface area contributed by atoms with Crippen molar-refractivity contribution >= 4 is 29.0 Å². The first-order valence-corrected chi connectivity index (χ1v) is 8.69. The van der Waals surface area contributed by atoms with Crippen LogP contribution < -0.4 is 5.32 Å². The smallest absolute Gasteiger partial charge is 0.342 e. The molecule has 3 aromatic heterocycles. The minimum atomic E-state index is -0.683. The van der Waals surface area contributed by atoms with Gasteiger partial charge in [0.1, 0.15) is 18.2 Å². The van der Waals surface area contributed by atoms with Crippen LogP contribution in [0.2, 0.25) is 0 Å². The molecule has 0 bridgehead atoms. The minimum Gasteiger partial charge on any atom is -0.454 e. The predicted octanol–water partition coefficient (Wildman–Crippen LogP) is 1.40. The Bertz CT molecular complexity index is 967. The van der Waals surface area contributed by atoms with E-state index in [-0.39, 0.29) is 23.1 Å². The quantitative estimate of drug-likeness (QED) is 0.483. The summed E-state index contributed by atoms with van der Waals surface area (Å²) in [5, 5.41) is 6.60. The van der Waals surface area contributed by atoms with Gasteiger partial charge in [0.15, 0.2) is 12.4 Å². The summed E-state index contributed by atoms with van der Waals surface area (Å²) in [6.45, 7) is 1.37. The molecule has 10 heteroatoms. The Morgan fingerprint density at radius 2 is 2.11 bits per heavy atom. The number of hydrogen-bond acceptors (Lipinski definition) is 8. The van der Waals surface area contributed by atoms with E-state index in [1.54, 1.807) is 18.2 Å². The molecule has 0 saturated carbocycles. The minimum absolute atomic E-state index is 0.148.